The van der Waals surface area contributed by atoms with Gasteiger partial charge < -0.3 is 4.57 Å². The Morgan fingerprint density at radius 3 is 2.40 bits per heavy atom. The van der Waals surface area contributed by atoms with Crippen LogP contribution in [0.1, 0.15) is 31.8 Å². The Balaban J connectivity index is 2.39. The van der Waals surface area contributed by atoms with E-state index in [0.717, 1.165) is 17.9 Å². The molecule has 0 radical (unpaired) electrons. The van der Waals surface area contributed by atoms with Crippen LogP contribution in [0.2, 0.25) is 0 Å². The maximum Gasteiger partial charge on any atom is 0.105 e. The fraction of sp³-hybridized carbons (Fsp3) is 0.636. The van der Waals surface area contributed by atoms with E-state index in [2.05, 4.69) is 34.7 Å². The number of hydrazone groups is 1. The largest absolute Gasteiger partial charge is 0.338 e. The summed E-state index contributed by atoms with van der Waals surface area (Å²) in [4.78, 5) is 4.60. The van der Waals surface area contributed by atoms with Crippen LogP contribution in [0.15, 0.2) is 11.3 Å². The van der Waals surface area contributed by atoms with Crippen molar-refractivity contribution in [3.63, 3.8) is 0 Å². The minimum Gasteiger partial charge on any atom is -0.338 e. The second-order valence-corrected chi connectivity index (χ2v) is 4.59. The molecule has 4 heteroatoms. The van der Waals surface area contributed by atoms with E-state index in [9.17, 15) is 0 Å². The van der Waals surface area contributed by atoms with E-state index in [1.54, 1.807) is 0 Å². The predicted molar refractivity (Wildman–Crippen MR) is 60.8 cm³/mol. The van der Waals surface area contributed by atoms with Crippen LogP contribution in [-0.2, 0) is 12.6 Å². The third-order valence-corrected chi connectivity index (χ3v) is 3.30. The van der Waals surface area contributed by atoms with Gasteiger partial charge in [0.2, 0.25) is 0 Å². The van der Waals surface area contributed by atoms with Crippen LogP contribution in [0.4, 0.5) is 0 Å². The quantitative estimate of drug-likeness (QED) is 0.700. The van der Waals surface area contributed by atoms with Crippen LogP contribution in [0, 0.1) is 6.92 Å². The number of hydrogen-bond donors (Lipinski definition) is 0. The Kier molecular flexibility index (Phi) is 2.10. The minimum atomic E-state index is -0.0733. The lowest BCUT2D eigenvalue weighted by Gasteiger charge is -2.29. The second kappa shape index (κ2) is 3.08. The normalized spacial score (nSPS) is 25.9. The van der Waals surface area contributed by atoms with Gasteiger partial charge in [-0.3, -0.25) is 5.01 Å². The summed E-state index contributed by atoms with van der Waals surface area (Å²) in [6.45, 7) is 6.28. The molecule has 82 valence electrons. The van der Waals surface area contributed by atoms with Gasteiger partial charge in [-0.25, -0.2) is 4.98 Å². The zero-order chi connectivity index (χ0) is 11.2. The topological polar surface area (TPSA) is 33.4 Å². The molecular formula is C11H18N4. The second-order valence-electron chi connectivity index (χ2n) is 4.59. The van der Waals surface area contributed by atoms with E-state index >= 15 is 0 Å². The van der Waals surface area contributed by atoms with Gasteiger partial charge in [0.05, 0.1) is 5.69 Å². The van der Waals surface area contributed by atoms with Gasteiger partial charge in [-0.05, 0) is 20.8 Å². The zero-order valence-electron chi connectivity index (χ0n) is 10.1. The molecule has 4 nitrogen and oxygen atoms in total. The van der Waals surface area contributed by atoms with E-state index in [-0.39, 0.29) is 5.54 Å². The summed E-state index contributed by atoms with van der Waals surface area (Å²) in [5, 5.41) is 6.48. The summed E-state index contributed by atoms with van der Waals surface area (Å²) in [5.74, 6) is 1.05. The molecule has 1 aromatic rings. The Morgan fingerprint density at radius 2 is 2.00 bits per heavy atom. The summed E-state index contributed by atoms with van der Waals surface area (Å²) in [7, 11) is 4.04. The van der Waals surface area contributed by atoms with E-state index in [0.29, 0.717) is 0 Å². The minimum absolute atomic E-state index is 0.0733. The summed E-state index contributed by atoms with van der Waals surface area (Å²) in [6.07, 6.45) is 3.06. The summed E-state index contributed by atoms with van der Waals surface area (Å²) in [6, 6.07) is 0. The third kappa shape index (κ3) is 1.44. The molecular weight excluding hydrogens is 188 g/mol. The highest BCUT2D eigenvalue weighted by Crippen LogP contribution is 2.35. The number of imidazole rings is 1. The average Bonchev–Trinajstić information content (AvgIpc) is 2.58. The average molecular weight is 206 g/mol. The van der Waals surface area contributed by atoms with Crippen LogP contribution in [0.25, 0.3) is 0 Å². The lowest BCUT2D eigenvalue weighted by Crippen LogP contribution is -2.34. The maximum atomic E-state index is 4.60. The van der Waals surface area contributed by atoms with E-state index in [1.165, 1.54) is 5.71 Å². The third-order valence-electron chi connectivity index (χ3n) is 3.30. The lowest BCUT2D eigenvalue weighted by molar-refractivity contribution is 0.169. The van der Waals surface area contributed by atoms with Crippen LogP contribution in [-0.4, -0.2) is 27.3 Å². The molecule has 0 aromatic carbocycles. The fourth-order valence-electron chi connectivity index (χ4n) is 2.09. The van der Waals surface area contributed by atoms with Gasteiger partial charge in [0.15, 0.2) is 0 Å². The van der Waals surface area contributed by atoms with Crippen molar-refractivity contribution in [3.8, 4) is 0 Å². The van der Waals surface area contributed by atoms with Crippen molar-refractivity contribution >= 4 is 5.71 Å². The predicted octanol–water partition coefficient (Wildman–Crippen LogP) is 1.66. The molecule has 1 aromatic heterocycles. The van der Waals surface area contributed by atoms with Crippen molar-refractivity contribution in [3.05, 3.63) is 17.7 Å². The molecule has 0 saturated heterocycles. The molecule has 0 fully saturated rings. The highest BCUT2D eigenvalue weighted by molar-refractivity contribution is 5.84. The van der Waals surface area contributed by atoms with Gasteiger partial charge >= 0.3 is 0 Å². The molecule has 0 amide bonds. The number of nitrogens with zero attached hydrogens (tertiary/aromatic N) is 4. The summed E-state index contributed by atoms with van der Waals surface area (Å²) in [5.41, 5.74) is 2.20. The molecule has 2 rings (SSSR count). The standard InChI is InChI=1S/C11H18N4/c1-8-6-11(3,15(5)13-8)10-7-14(4)9(2)12-10/h7H,6H2,1-5H3. The fourth-order valence-corrected chi connectivity index (χ4v) is 2.09. The first-order valence-corrected chi connectivity index (χ1v) is 5.22. The first kappa shape index (κ1) is 10.2. The van der Waals surface area contributed by atoms with E-state index in [4.69, 9.17) is 0 Å². The van der Waals surface area contributed by atoms with Crippen LogP contribution >= 0.6 is 0 Å². The highest BCUT2D eigenvalue weighted by atomic mass is 15.5. The van der Waals surface area contributed by atoms with Crippen molar-refractivity contribution in [1.82, 2.24) is 14.6 Å². The van der Waals surface area contributed by atoms with Gasteiger partial charge in [-0.1, -0.05) is 0 Å². The number of hydrogen-bond acceptors (Lipinski definition) is 3. The van der Waals surface area contributed by atoms with Gasteiger partial charge in [0.1, 0.15) is 11.4 Å². The van der Waals surface area contributed by atoms with Gasteiger partial charge in [0, 0.05) is 32.4 Å². The zero-order valence-corrected chi connectivity index (χ0v) is 10.1. The SMILES string of the molecule is CC1=NN(C)C(C)(c2cn(C)c(C)n2)C1. The molecule has 0 aliphatic carbocycles. The molecule has 0 bridgehead atoms. The Hall–Kier alpha value is -1.32. The van der Waals surface area contributed by atoms with Gasteiger partial charge in [-0.2, -0.15) is 5.10 Å². The molecule has 1 unspecified atom stereocenters. The highest BCUT2D eigenvalue weighted by Gasteiger charge is 2.38. The van der Waals surface area contributed by atoms with Crippen LogP contribution in [0.3, 0.4) is 0 Å². The molecule has 15 heavy (non-hydrogen) atoms. The monoisotopic (exact) mass is 206 g/mol. The van der Waals surface area contributed by atoms with E-state index < -0.39 is 0 Å². The van der Waals surface area contributed by atoms with Gasteiger partial charge in [0.25, 0.3) is 0 Å². The van der Waals surface area contributed by atoms with Crippen LogP contribution in [0.5, 0.6) is 0 Å². The molecule has 2 heterocycles. The van der Waals surface area contributed by atoms with Gasteiger partial charge in [-0.15, -0.1) is 0 Å². The van der Waals surface area contributed by atoms with Crippen molar-refractivity contribution in [2.24, 2.45) is 12.1 Å². The lowest BCUT2D eigenvalue weighted by atomic mass is 9.93. The summed E-state index contributed by atoms with van der Waals surface area (Å²) < 4.78 is 2.06. The number of aryl methyl sites for hydroxylation is 2. The molecule has 0 spiro atoms. The maximum absolute atomic E-state index is 4.60. The number of rotatable bonds is 1. The van der Waals surface area contributed by atoms with Crippen molar-refractivity contribution in [2.45, 2.75) is 32.7 Å². The molecule has 1 aliphatic rings. The summed E-state index contributed by atoms with van der Waals surface area (Å²) >= 11 is 0. The molecule has 0 saturated carbocycles. The molecule has 0 N–H and O–H groups in total. The molecule has 1 atom stereocenters. The van der Waals surface area contributed by atoms with Crippen LogP contribution < -0.4 is 0 Å². The van der Waals surface area contributed by atoms with Crippen molar-refractivity contribution in [1.29, 1.82) is 0 Å². The Morgan fingerprint density at radius 1 is 1.33 bits per heavy atom. The molecule has 1 aliphatic heterocycles. The van der Waals surface area contributed by atoms with Crippen molar-refractivity contribution in [2.75, 3.05) is 7.05 Å². The number of aromatic nitrogens is 2. The Labute approximate surface area is 90.6 Å². The first-order valence-electron chi connectivity index (χ1n) is 5.22. The smallest absolute Gasteiger partial charge is 0.105 e. The Bertz CT molecular complexity index is 399. The van der Waals surface area contributed by atoms with Crippen molar-refractivity contribution < 1.29 is 0 Å². The van der Waals surface area contributed by atoms with E-state index in [1.807, 2.05) is 26.0 Å². The first-order chi connectivity index (χ1) is 6.93.